The van der Waals surface area contributed by atoms with Gasteiger partial charge in [0, 0.05) is 17.4 Å². The summed E-state index contributed by atoms with van der Waals surface area (Å²) >= 11 is 5.70. The van der Waals surface area contributed by atoms with Crippen LogP contribution in [0.2, 0.25) is 0 Å². The van der Waals surface area contributed by atoms with Crippen LogP contribution >= 0.6 is 12.2 Å². The molecule has 7 heteroatoms. The Morgan fingerprint density at radius 1 is 1.00 bits per heavy atom. The van der Waals surface area contributed by atoms with Gasteiger partial charge in [0.05, 0.1) is 17.3 Å². The Bertz CT molecular complexity index is 1270. The van der Waals surface area contributed by atoms with E-state index in [9.17, 15) is 9.90 Å². The van der Waals surface area contributed by atoms with Crippen LogP contribution in [0.3, 0.4) is 0 Å². The van der Waals surface area contributed by atoms with E-state index in [1.807, 2.05) is 71.6 Å². The zero-order valence-corrected chi connectivity index (χ0v) is 17.7. The number of carboxylic acids is 1. The van der Waals surface area contributed by atoms with Crippen molar-refractivity contribution in [2.24, 2.45) is 0 Å². The number of carbonyl (C=O) groups is 1. The average Bonchev–Trinajstić information content (AvgIpc) is 3.45. The molecular formula is C25H19N3O3S. The van der Waals surface area contributed by atoms with E-state index in [4.69, 9.17) is 16.6 Å². The molecule has 0 bridgehead atoms. The topological polar surface area (TPSA) is 78.6 Å². The first-order valence-corrected chi connectivity index (χ1v) is 10.5. The number of rotatable bonds is 5. The van der Waals surface area contributed by atoms with Gasteiger partial charge in [0.15, 0.2) is 5.11 Å². The van der Waals surface area contributed by atoms with Crippen molar-refractivity contribution in [2.45, 2.75) is 12.1 Å². The molecule has 1 aliphatic heterocycles. The van der Waals surface area contributed by atoms with Gasteiger partial charge >= 0.3 is 5.97 Å². The molecule has 6 nitrogen and oxygen atoms in total. The SMILES string of the molecule is O=C(O)c1cccc(-c2ccc([C@H]3[C@@H](c4ccccn4)NC(=S)N3c3ccccc3)o2)c1. The zero-order valence-electron chi connectivity index (χ0n) is 16.9. The van der Waals surface area contributed by atoms with Crippen LogP contribution in [0.15, 0.2) is 95.5 Å². The van der Waals surface area contributed by atoms with Gasteiger partial charge in [0.1, 0.15) is 17.6 Å². The number of anilines is 1. The van der Waals surface area contributed by atoms with Gasteiger partial charge in [0.2, 0.25) is 0 Å². The number of nitrogens with zero attached hydrogens (tertiary/aromatic N) is 2. The van der Waals surface area contributed by atoms with Gasteiger partial charge in [-0.1, -0.05) is 36.4 Å². The lowest BCUT2D eigenvalue weighted by atomic mass is 10.0. The first-order valence-electron chi connectivity index (χ1n) is 10.1. The number of furan rings is 1. The maximum Gasteiger partial charge on any atom is 0.335 e. The molecule has 1 saturated heterocycles. The van der Waals surface area contributed by atoms with Crippen LogP contribution < -0.4 is 10.2 Å². The van der Waals surface area contributed by atoms with Gasteiger partial charge in [-0.3, -0.25) is 4.98 Å². The molecule has 0 radical (unpaired) electrons. The Balaban J connectivity index is 1.58. The normalized spacial score (nSPS) is 17.9. The van der Waals surface area contributed by atoms with E-state index in [2.05, 4.69) is 10.3 Å². The van der Waals surface area contributed by atoms with E-state index in [1.165, 1.54) is 0 Å². The van der Waals surface area contributed by atoms with Gasteiger partial charge in [-0.05, 0) is 60.7 Å². The third kappa shape index (κ3) is 3.63. The third-order valence-corrected chi connectivity index (χ3v) is 5.76. The standard InChI is InChI=1S/C25H19N3O3S/c29-24(30)17-8-6-7-16(15-17)20-12-13-21(31-20)23-22(19-11-4-5-14-26-19)27-25(32)28(23)18-9-2-1-3-10-18/h1-15,22-23H,(H,27,32)(H,29,30)/t22-,23+/m1/s1. The Morgan fingerprint density at radius 3 is 2.56 bits per heavy atom. The highest BCUT2D eigenvalue weighted by Gasteiger charge is 2.42. The fourth-order valence-corrected chi connectivity index (χ4v) is 4.33. The predicted molar refractivity (Wildman–Crippen MR) is 125 cm³/mol. The first-order chi connectivity index (χ1) is 15.6. The number of pyridine rings is 1. The molecule has 5 rings (SSSR count). The monoisotopic (exact) mass is 441 g/mol. The molecule has 0 amide bonds. The van der Waals surface area contributed by atoms with Crippen molar-refractivity contribution < 1.29 is 14.3 Å². The summed E-state index contributed by atoms with van der Waals surface area (Å²) in [6, 6.07) is 25.7. The second kappa shape index (κ2) is 8.28. The Kier molecular flexibility index (Phi) is 5.17. The van der Waals surface area contributed by atoms with Crippen molar-refractivity contribution in [1.29, 1.82) is 0 Å². The molecule has 2 atom stereocenters. The molecule has 2 aromatic heterocycles. The number of para-hydroxylation sites is 1. The van der Waals surface area contributed by atoms with Crippen molar-refractivity contribution in [3.05, 3.63) is 108 Å². The number of carboxylic acid groups (broad SMARTS) is 1. The summed E-state index contributed by atoms with van der Waals surface area (Å²) < 4.78 is 6.28. The lowest BCUT2D eigenvalue weighted by Gasteiger charge is -2.26. The van der Waals surface area contributed by atoms with Crippen molar-refractivity contribution in [2.75, 3.05) is 4.90 Å². The average molecular weight is 442 g/mol. The quantitative estimate of drug-likeness (QED) is 0.411. The third-order valence-electron chi connectivity index (χ3n) is 5.44. The molecular weight excluding hydrogens is 422 g/mol. The lowest BCUT2D eigenvalue weighted by Crippen LogP contribution is -2.29. The summed E-state index contributed by atoms with van der Waals surface area (Å²) in [4.78, 5) is 17.9. The molecule has 2 N–H and O–H groups in total. The number of hydrogen-bond donors (Lipinski definition) is 2. The van der Waals surface area contributed by atoms with Crippen LogP contribution in [0.4, 0.5) is 5.69 Å². The van der Waals surface area contributed by atoms with Crippen LogP contribution in [0.25, 0.3) is 11.3 Å². The number of thiocarbonyl (C=S) groups is 1. The number of hydrogen-bond acceptors (Lipinski definition) is 4. The van der Waals surface area contributed by atoms with Crippen LogP contribution in [0.1, 0.15) is 33.9 Å². The highest BCUT2D eigenvalue weighted by Crippen LogP contribution is 2.42. The smallest absolute Gasteiger partial charge is 0.335 e. The minimum atomic E-state index is -0.977. The first kappa shape index (κ1) is 20.0. The molecule has 1 aliphatic rings. The van der Waals surface area contributed by atoms with Crippen molar-refractivity contribution >= 4 is 29.0 Å². The maximum atomic E-state index is 11.4. The van der Waals surface area contributed by atoms with E-state index in [1.54, 1.807) is 24.4 Å². The van der Waals surface area contributed by atoms with E-state index in [0.717, 1.165) is 11.4 Å². The summed E-state index contributed by atoms with van der Waals surface area (Å²) in [6.45, 7) is 0. The van der Waals surface area contributed by atoms with E-state index < -0.39 is 5.97 Å². The Labute approximate surface area is 190 Å². The van der Waals surface area contributed by atoms with E-state index >= 15 is 0 Å². The highest BCUT2D eigenvalue weighted by molar-refractivity contribution is 7.80. The van der Waals surface area contributed by atoms with Gasteiger partial charge < -0.3 is 19.7 Å². The minimum Gasteiger partial charge on any atom is -0.478 e. The van der Waals surface area contributed by atoms with Crippen molar-refractivity contribution in [3.63, 3.8) is 0 Å². The van der Waals surface area contributed by atoms with Gasteiger partial charge in [-0.15, -0.1) is 0 Å². The summed E-state index contributed by atoms with van der Waals surface area (Å²) in [7, 11) is 0. The second-order valence-electron chi connectivity index (χ2n) is 7.42. The number of nitrogens with one attached hydrogen (secondary N) is 1. The minimum absolute atomic E-state index is 0.210. The Morgan fingerprint density at radius 2 is 1.81 bits per heavy atom. The molecule has 2 aromatic carbocycles. The van der Waals surface area contributed by atoms with Crippen LogP contribution in [0.5, 0.6) is 0 Å². The summed E-state index contributed by atoms with van der Waals surface area (Å²) in [6.07, 6.45) is 1.76. The van der Waals surface area contributed by atoms with Gasteiger partial charge in [-0.2, -0.15) is 0 Å². The van der Waals surface area contributed by atoms with Crippen LogP contribution in [-0.4, -0.2) is 21.2 Å². The van der Waals surface area contributed by atoms with Gasteiger partial charge in [0.25, 0.3) is 0 Å². The lowest BCUT2D eigenvalue weighted by molar-refractivity contribution is 0.0697. The van der Waals surface area contributed by atoms with Crippen LogP contribution in [-0.2, 0) is 0 Å². The number of benzene rings is 2. The maximum absolute atomic E-state index is 11.4. The predicted octanol–water partition coefficient (Wildman–Crippen LogP) is 5.22. The Hall–Kier alpha value is -3.97. The summed E-state index contributed by atoms with van der Waals surface area (Å²) in [5.41, 5.74) is 2.70. The summed E-state index contributed by atoms with van der Waals surface area (Å²) in [5, 5.41) is 13.3. The summed E-state index contributed by atoms with van der Waals surface area (Å²) in [5.74, 6) is 0.315. The van der Waals surface area contributed by atoms with E-state index in [0.29, 0.717) is 22.2 Å². The number of aromatic carboxylic acids is 1. The molecule has 0 saturated carbocycles. The molecule has 4 aromatic rings. The molecule has 0 unspecified atom stereocenters. The fraction of sp³-hybridized carbons (Fsp3) is 0.0800. The molecule has 0 spiro atoms. The van der Waals surface area contributed by atoms with Gasteiger partial charge in [-0.25, -0.2) is 4.79 Å². The molecule has 1 fully saturated rings. The van der Waals surface area contributed by atoms with E-state index in [-0.39, 0.29) is 17.6 Å². The molecule has 0 aliphatic carbocycles. The van der Waals surface area contributed by atoms with Crippen LogP contribution in [0, 0.1) is 0 Å². The number of aromatic nitrogens is 1. The largest absolute Gasteiger partial charge is 0.478 e. The molecule has 3 heterocycles. The highest BCUT2D eigenvalue weighted by atomic mass is 32.1. The second-order valence-corrected chi connectivity index (χ2v) is 7.81. The fourth-order valence-electron chi connectivity index (χ4n) is 3.98. The molecule has 158 valence electrons. The van der Waals surface area contributed by atoms with Crippen molar-refractivity contribution in [3.8, 4) is 11.3 Å². The molecule has 32 heavy (non-hydrogen) atoms. The zero-order chi connectivity index (χ0) is 22.1. The van der Waals surface area contributed by atoms with Crippen molar-refractivity contribution in [1.82, 2.24) is 10.3 Å².